The van der Waals surface area contributed by atoms with Crippen molar-refractivity contribution in [1.29, 1.82) is 0 Å². The van der Waals surface area contributed by atoms with Gasteiger partial charge in [-0.05, 0) is 73.2 Å². The normalized spacial score (nSPS) is 28.9. The van der Waals surface area contributed by atoms with Crippen molar-refractivity contribution in [2.45, 2.75) is 107 Å². The number of hydrogen-bond donors (Lipinski definition) is 0. The van der Waals surface area contributed by atoms with Crippen molar-refractivity contribution >= 4 is 5.97 Å². The number of carbonyl (C=O) groups excluding carboxylic acids is 1. The van der Waals surface area contributed by atoms with E-state index in [1.807, 2.05) is 27.7 Å². The molecule has 0 aromatic carbocycles. The van der Waals surface area contributed by atoms with E-state index in [1.54, 1.807) is 6.07 Å². The molecule has 0 N–H and O–H groups in total. The van der Waals surface area contributed by atoms with Gasteiger partial charge in [-0.25, -0.2) is 4.79 Å². The minimum atomic E-state index is -1.12. The topological polar surface area (TPSA) is 66.8 Å². The Morgan fingerprint density at radius 3 is 2.44 bits per heavy atom. The van der Waals surface area contributed by atoms with Gasteiger partial charge in [-0.3, -0.25) is 9.74 Å². The molecule has 0 bridgehead atoms. The van der Waals surface area contributed by atoms with E-state index < -0.39 is 18.1 Å². The lowest BCUT2D eigenvalue weighted by Gasteiger charge is -2.62. The molecule has 39 heavy (non-hydrogen) atoms. The van der Waals surface area contributed by atoms with Crippen LogP contribution in [-0.4, -0.2) is 30.4 Å². The van der Waals surface area contributed by atoms with Crippen LogP contribution in [0.5, 0.6) is 5.75 Å². The third-order valence-corrected chi connectivity index (χ3v) is 8.65. The van der Waals surface area contributed by atoms with E-state index >= 15 is 0 Å². The summed E-state index contributed by atoms with van der Waals surface area (Å²) in [6, 6.07) is 2.93. The summed E-state index contributed by atoms with van der Waals surface area (Å²) in [5.74, 6) is 1.06. The van der Waals surface area contributed by atoms with Crippen LogP contribution in [0.4, 0.5) is 4.53 Å². The Balaban J connectivity index is 0.000000996. The van der Waals surface area contributed by atoms with Crippen molar-refractivity contribution in [3.05, 3.63) is 40.8 Å². The average molecular weight is 552 g/mol. The lowest BCUT2D eigenvalue weighted by Crippen LogP contribution is -2.57. The molecule has 3 fully saturated rings. The van der Waals surface area contributed by atoms with Gasteiger partial charge in [0.1, 0.15) is 12.3 Å². The molecule has 2 saturated carbocycles. The smallest absolute Gasteiger partial charge is 0.368 e. The Kier molecular flexibility index (Phi) is 15.1. The second-order valence-corrected chi connectivity index (χ2v) is 11.0. The second-order valence-electron chi connectivity index (χ2n) is 11.0. The van der Waals surface area contributed by atoms with Crippen LogP contribution >= 0.6 is 0 Å². The molecule has 3 aliphatic rings. The third-order valence-electron chi connectivity index (χ3n) is 8.65. The molecule has 4 rings (SSSR count). The van der Waals surface area contributed by atoms with E-state index in [1.165, 1.54) is 49.9 Å². The maximum atomic E-state index is 12.1. The lowest BCUT2D eigenvalue weighted by molar-refractivity contribution is -0.184. The molecule has 2 heterocycles. The predicted octanol–water partition coefficient (Wildman–Crippen LogP) is 7.94. The first-order valence-electron chi connectivity index (χ1n) is 15.1. The number of aromatic nitrogens is 1. The minimum Gasteiger partial charge on any atom is -0.493 e. The zero-order valence-corrected chi connectivity index (χ0v) is 25.8. The molecule has 0 amide bonds. The highest BCUT2D eigenvalue weighted by Gasteiger charge is 2.58. The number of halogens is 1. The fraction of sp³-hybridized carbons (Fsp3) is 0.750. The molecule has 1 aromatic heterocycles. The van der Waals surface area contributed by atoms with Crippen LogP contribution in [0, 0.1) is 28.6 Å². The van der Waals surface area contributed by atoms with E-state index in [-0.39, 0.29) is 10.8 Å². The Hall–Kier alpha value is -2.15. The Bertz CT molecular complexity index is 947. The Morgan fingerprint density at radius 2 is 1.82 bits per heavy atom. The van der Waals surface area contributed by atoms with Crippen molar-refractivity contribution in [3.63, 3.8) is 0 Å². The maximum absolute atomic E-state index is 12.1. The molecule has 1 aliphatic heterocycles. The first-order valence-corrected chi connectivity index (χ1v) is 15.1. The number of carbonyl (C=O) groups is 1. The summed E-state index contributed by atoms with van der Waals surface area (Å²) in [4.78, 5) is 26.3. The van der Waals surface area contributed by atoms with Crippen LogP contribution < -0.4 is 10.3 Å². The van der Waals surface area contributed by atoms with Gasteiger partial charge in [0.05, 0.1) is 13.2 Å². The maximum Gasteiger partial charge on any atom is 0.368 e. The van der Waals surface area contributed by atoms with E-state index in [0.717, 1.165) is 36.5 Å². The Morgan fingerprint density at radius 1 is 1.15 bits per heavy atom. The van der Waals surface area contributed by atoms with Crippen molar-refractivity contribution in [2.24, 2.45) is 28.6 Å². The molecule has 0 radical (unpaired) electrons. The van der Waals surface area contributed by atoms with Gasteiger partial charge in [-0.1, -0.05) is 74.0 Å². The van der Waals surface area contributed by atoms with Crippen LogP contribution in [0.3, 0.4) is 0 Å². The molecule has 6 nitrogen and oxygen atoms in total. The quantitative estimate of drug-likeness (QED) is 0.336. The SMILES string of the molecule is C=C1CCC2C(C)(CCC3CCOC[C@]32C)C1CCOc1ccn(CC(=O)OF)c(=O)c1.CC.CC.CCC. The molecule has 7 heteroatoms. The summed E-state index contributed by atoms with van der Waals surface area (Å²) in [5, 5.41) is 0. The van der Waals surface area contributed by atoms with E-state index in [0.29, 0.717) is 24.2 Å². The fourth-order valence-electron chi connectivity index (χ4n) is 6.99. The van der Waals surface area contributed by atoms with Crippen molar-refractivity contribution in [2.75, 3.05) is 19.8 Å². The minimum absolute atomic E-state index is 0.181. The van der Waals surface area contributed by atoms with Crippen LogP contribution in [0.25, 0.3) is 0 Å². The van der Waals surface area contributed by atoms with Gasteiger partial charge in [0.25, 0.3) is 5.56 Å². The largest absolute Gasteiger partial charge is 0.493 e. The zero-order chi connectivity index (χ0) is 29.6. The van der Waals surface area contributed by atoms with Crippen LogP contribution in [-0.2, 0) is 21.0 Å². The molecule has 224 valence electrons. The van der Waals surface area contributed by atoms with E-state index in [4.69, 9.17) is 9.47 Å². The van der Waals surface area contributed by atoms with Crippen LogP contribution in [0.15, 0.2) is 35.3 Å². The molecule has 1 saturated heterocycles. The molecular weight excluding hydrogens is 497 g/mol. The van der Waals surface area contributed by atoms with Crippen LogP contribution in [0.2, 0.25) is 0 Å². The van der Waals surface area contributed by atoms with E-state index in [9.17, 15) is 14.1 Å². The summed E-state index contributed by atoms with van der Waals surface area (Å²) in [5.41, 5.74) is 1.29. The molecule has 4 unspecified atom stereocenters. The highest BCUT2D eigenvalue weighted by atomic mass is 19.3. The number of allylic oxidation sites excluding steroid dienone is 1. The zero-order valence-electron chi connectivity index (χ0n) is 25.8. The number of nitrogens with zero attached hydrogens (tertiary/aromatic N) is 1. The molecule has 1 aromatic rings. The summed E-state index contributed by atoms with van der Waals surface area (Å²) < 4.78 is 24.9. The van der Waals surface area contributed by atoms with Gasteiger partial charge in [0.2, 0.25) is 0 Å². The van der Waals surface area contributed by atoms with E-state index in [2.05, 4.69) is 39.2 Å². The summed E-state index contributed by atoms with van der Waals surface area (Å²) >= 11 is 0. The monoisotopic (exact) mass is 551 g/mol. The van der Waals surface area contributed by atoms with Gasteiger partial charge < -0.3 is 14.0 Å². The number of ether oxygens (including phenoxy) is 2. The average Bonchev–Trinajstić information content (AvgIpc) is 2.93. The number of rotatable bonds is 6. The summed E-state index contributed by atoms with van der Waals surface area (Å²) in [6.07, 6.45) is 9.38. The Labute approximate surface area is 236 Å². The first kappa shape index (κ1) is 34.9. The molecule has 0 spiro atoms. The number of fused-ring (bicyclic) bond motifs is 3. The number of pyridine rings is 1. The van der Waals surface area contributed by atoms with Gasteiger partial charge in [-0.15, -0.1) is 0 Å². The van der Waals surface area contributed by atoms with Gasteiger partial charge >= 0.3 is 5.97 Å². The second kappa shape index (κ2) is 16.8. The number of hydrogen-bond acceptors (Lipinski definition) is 5. The molecule has 2 aliphatic carbocycles. The summed E-state index contributed by atoms with van der Waals surface area (Å²) in [7, 11) is 0. The third kappa shape index (κ3) is 8.42. The lowest BCUT2D eigenvalue weighted by atomic mass is 9.44. The predicted molar refractivity (Wildman–Crippen MR) is 156 cm³/mol. The van der Waals surface area contributed by atoms with Gasteiger partial charge in [0.15, 0.2) is 0 Å². The van der Waals surface area contributed by atoms with Crippen molar-refractivity contribution < 1.29 is 23.7 Å². The van der Waals surface area contributed by atoms with Gasteiger partial charge in [0, 0.05) is 23.4 Å². The fourth-order valence-corrected chi connectivity index (χ4v) is 6.99. The standard InChI is InChI=1S/C25H34FNO5.C3H8.2C2H6/c1-17-4-5-21-24(2,10-6-18-8-12-30-16-25(18,21)3)20(17)9-13-31-19-7-11-27(22(28)14-19)15-23(29)32-26;1-3-2;2*1-2/h7,11,14,18,20-21H,1,4-6,8-10,12-13,15-16H2,2-3H3;3H2,1-2H3;2*1-2H3/t18?,20?,21?,24?,25-;;;/m1.../s1. The van der Waals surface area contributed by atoms with Crippen molar-refractivity contribution in [3.8, 4) is 5.75 Å². The molecule has 5 atom stereocenters. The molecular formula is C32H54FNO5. The highest BCUT2D eigenvalue weighted by molar-refractivity contribution is 5.68. The highest BCUT2D eigenvalue weighted by Crippen LogP contribution is 2.64. The van der Waals surface area contributed by atoms with Crippen molar-refractivity contribution in [1.82, 2.24) is 4.57 Å². The summed E-state index contributed by atoms with van der Waals surface area (Å²) in [6.45, 7) is 23.3. The van der Waals surface area contributed by atoms with Crippen LogP contribution in [0.1, 0.15) is 100 Å². The van der Waals surface area contributed by atoms with Gasteiger partial charge in [-0.2, -0.15) is 0 Å². The first-order chi connectivity index (χ1) is 18.7.